The molecule has 65 heavy (non-hydrogen) atoms. The van der Waals surface area contributed by atoms with E-state index < -0.39 is 71.8 Å². The Morgan fingerprint density at radius 2 is 0.908 bits per heavy atom. The van der Waals surface area contributed by atoms with Gasteiger partial charge in [-0.15, -0.1) is 0 Å². The van der Waals surface area contributed by atoms with E-state index in [2.05, 4.69) is 31.6 Å². The average Bonchev–Trinajstić information content (AvgIpc) is 3.25. The number of nitrogens with two attached hydrogens (primary N) is 4. The molecule has 0 bridgehead atoms. The highest BCUT2D eigenvalue weighted by Gasteiger charge is 2.33. The summed E-state index contributed by atoms with van der Waals surface area (Å²) in [4.78, 5) is 85.9. The fourth-order valence-corrected chi connectivity index (χ4v) is 6.73. The number of carboxylic acid groups (broad SMARTS) is 1. The Morgan fingerprint density at radius 3 is 1.31 bits per heavy atom. The molecule has 6 atom stereocenters. The summed E-state index contributed by atoms with van der Waals surface area (Å²) < 4.78 is 0. The molecule has 0 radical (unpaired) electrons. The van der Waals surface area contributed by atoms with Crippen LogP contribution in [0.4, 0.5) is 0 Å². The number of aliphatic carboxylic acids is 1. The van der Waals surface area contributed by atoms with Gasteiger partial charge in [0, 0.05) is 19.4 Å². The number of benzene rings is 3. The van der Waals surface area contributed by atoms with Gasteiger partial charge in [0.25, 0.3) is 0 Å². The molecule has 3 aromatic rings. The molecule has 17 N–H and O–H groups in total. The van der Waals surface area contributed by atoms with E-state index in [-0.39, 0.29) is 80.6 Å². The molecule has 20 nitrogen and oxygen atoms in total. The number of carbonyl (C=O) groups excluding carboxylic acids is 5. The maximum atomic E-state index is 14.4. The van der Waals surface area contributed by atoms with E-state index in [0.29, 0.717) is 36.1 Å². The third kappa shape index (κ3) is 19.1. The van der Waals surface area contributed by atoms with Crippen LogP contribution in [0.1, 0.15) is 69.1 Å². The third-order valence-corrected chi connectivity index (χ3v) is 10.2. The molecule has 0 aliphatic carbocycles. The van der Waals surface area contributed by atoms with E-state index in [0.717, 1.165) is 0 Å². The number of carbonyl (C=O) groups is 6. The van der Waals surface area contributed by atoms with Crippen molar-refractivity contribution in [2.45, 2.75) is 108 Å². The minimum atomic E-state index is -1.37. The van der Waals surface area contributed by atoms with Crippen molar-refractivity contribution in [2.75, 3.05) is 13.1 Å². The van der Waals surface area contributed by atoms with Crippen LogP contribution in [0.25, 0.3) is 0 Å². The van der Waals surface area contributed by atoms with Crippen LogP contribution < -0.4 is 49.5 Å². The van der Waals surface area contributed by atoms with Crippen LogP contribution in [-0.4, -0.2) is 111 Å². The summed E-state index contributed by atoms with van der Waals surface area (Å²) in [5.41, 5.74) is 24.7. The highest BCUT2D eigenvalue weighted by molar-refractivity contribution is 5.96. The van der Waals surface area contributed by atoms with Crippen molar-refractivity contribution in [3.05, 3.63) is 89.5 Å². The number of rotatable bonds is 27. The maximum Gasteiger partial charge on any atom is 0.326 e. The lowest BCUT2D eigenvalue weighted by Gasteiger charge is -2.27. The lowest BCUT2D eigenvalue weighted by atomic mass is 10.0. The number of hydrogen-bond acceptors (Lipinski definition) is 12. The molecule has 5 amide bonds. The zero-order chi connectivity index (χ0) is 48.1. The fraction of sp³-hybridized carbons (Fsp3) is 0.444. The zero-order valence-corrected chi connectivity index (χ0v) is 36.7. The van der Waals surface area contributed by atoms with Crippen molar-refractivity contribution in [1.29, 1.82) is 0 Å². The van der Waals surface area contributed by atoms with Crippen molar-refractivity contribution in [3.8, 4) is 17.2 Å². The van der Waals surface area contributed by atoms with Crippen molar-refractivity contribution in [1.82, 2.24) is 26.6 Å². The van der Waals surface area contributed by atoms with Gasteiger partial charge in [0.2, 0.25) is 29.5 Å². The SMILES string of the molecule is CC(C)C[C@H](NC(=O)[C@H](Cc1ccc(O)cc1)NC(=O)[C@H](CCCN=C(N)N)NC(=O)[C@H](Cc1ccc(O)cc1)NC(=O)[C@H](CCCCN)NC(=O)[C@@H](N)Cc1ccc(O)cc1)C(=O)O. The molecule has 0 heterocycles. The van der Waals surface area contributed by atoms with Crippen LogP contribution in [0.2, 0.25) is 0 Å². The summed E-state index contributed by atoms with van der Waals surface area (Å²) in [5.74, 6) is -5.49. The van der Waals surface area contributed by atoms with E-state index in [4.69, 9.17) is 22.9 Å². The Kier molecular flexibility index (Phi) is 21.5. The number of hydrogen-bond donors (Lipinski definition) is 13. The molecule has 0 aromatic heterocycles. The molecule has 20 heteroatoms. The molecule has 0 unspecified atom stereocenters. The highest BCUT2D eigenvalue weighted by Crippen LogP contribution is 2.16. The predicted octanol–water partition coefficient (Wildman–Crippen LogP) is -0.104. The van der Waals surface area contributed by atoms with Gasteiger partial charge in [-0.2, -0.15) is 0 Å². The van der Waals surface area contributed by atoms with Crippen molar-refractivity contribution < 1.29 is 49.2 Å². The first-order valence-corrected chi connectivity index (χ1v) is 21.4. The number of guanidine groups is 1. The zero-order valence-electron chi connectivity index (χ0n) is 36.7. The second-order valence-electron chi connectivity index (χ2n) is 16.2. The number of carboxylic acids is 1. The van der Waals surface area contributed by atoms with Gasteiger partial charge in [-0.25, -0.2) is 4.79 Å². The Bertz CT molecular complexity index is 2050. The molecule has 354 valence electrons. The van der Waals surface area contributed by atoms with Crippen LogP contribution in [0, 0.1) is 5.92 Å². The number of aromatic hydroxyl groups is 3. The quantitative estimate of drug-likeness (QED) is 0.0270. The summed E-state index contributed by atoms with van der Waals surface area (Å²) >= 11 is 0. The van der Waals surface area contributed by atoms with Gasteiger partial charge in [-0.05, 0) is 110 Å². The Morgan fingerprint density at radius 1 is 0.538 bits per heavy atom. The van der Waals surface area contributed by atoms with Gasteiger partial charge >= 0.3 is 5.97 Å². The largest absolute Gasteiger partial charge is 0.508 e. The lowest BCUT2D eigenvalue weighted by Crippen LogP contribution is -2.60. The van der Waals surface area contributed by atoms with E-state index in [1.807, 2.05) is 0 Å². The normalized spacial score (nSPS) is 13.8. The molecule has 0 saturated heterocycles. The first-order valence-electron chi connectivity index (χ1n) is 21.4. The minimum Gasteiger partial charge on any atom is -0.508 e. The van der Waals surface area contributed by atoms with Crippen LogP contribution in [-0.2, 0) is 48.0 Å². The van der Waals surface area contributed by atoms with Crippen LogP contribution in [0.15, 0.2) is 77.8 Å². The highest BCUT2D eigenvalue weighted by atomic mass is 16.4. The van der Waals surface area contributed by atoms with Crippen LogP contribution in [0.3, 0.4) is 0 Å². The topological polar surface area (TPSA) is 360 Å². The Labute approximate surface area is 378 Å². The summed E-state index contributed by atoms with van der Waals surface area (Å²) in [7, 11) is 0. The number of aliphatic imine (C=N–C) groups is 1. The third-order valence-electron chi connectivity index (χ3n) is 10.2. The Balaban J connectivity index is 1.95. The Hall–Kier alpha value is -6.93. The second kappa shape index (κ2) is 26.6. The monoisotopic (exact) mass is 904 g/mol. The van der Waals surface area contributed by atoms with E-state index in [1.165, 1.54) is 48.5 Å². The van der Waals surface area contributed by atoms with Crippen molar-refractivity contribution >= 4 is 41.5 Å². The number of nitrogens with one attached hydrogen (secondary N) is 5. The summed E-state index contributed by atoms with van der Waals surface area (Å²) in [5, 5.41) is 52.6. The molecule has 0 saturated carbocycles. The van der Waals surface area contributed by atoms with Gasteiger partial charge in [0.05, 0.1) is 6.04 Å². The number of phenolic OH excluding ortho intramolecular Hbond substituents is 3. The first kappa shape index (κ1) is 52.4. The summed E-state index contributed by atoms with van der Waals surface area (Å²) in [6.45, 7) is 3.96. The molecule has 0 aliphatic rings. The number of unbranched alkanes of at least 4 members (excludes halogenated alkanes) is 1. The van der Waals surface area contributed by atoms with Gasteiger partial charge in [0.15, 0.2) is 5.96 Å². The van der Waals surface area contributed by atoms with Crippen LogP contribution >= 0.6 is 0 Å². The average molecular weight is 905 g/mol. The number of phenols is 3. The molecule has 3 aromatic carbocycles. The summed E-state index contributed by atoms with van der Waals surface area (Å²) in [6, 6.07) is 10.2. The second-order valence-corrected chi connectivity index (χ2v) is 16.2. The number of amides is 5. The standard InChI is InChI=1S/C45H64N10O10/c1-26(2)22-38(44(64)65)55-43(63)37(25-29-12-18-32(58)19-13-29)54-41(61)35(7-5-21-50-45(48)49)52-42(62)36(24-28-10-16-31(57)17-11-28)53-40(60)34(6-3-4-20-46)51-39(59)33(47)23-27-8-14-30(56)15-9-27/h8-19,26,33-38,56-58H,3-7,20-25,46-47H2,1-2H3,(H,51,59)(H,52,62)(H,53,60)(H,54,61)(H,55,63)(H,64,65)(H4,48,49,50)/t33-,34-,35-,36-,37-,38-/m0/s1. The molecule has 0 spiro atoms. The van der Waals surface area contributed by atoms with Gasteiger partial charge in [0.1, 0.15) is 47.5 Å². The smallest absolute Gasteiger partial charge is 0.326 e. The predicted molar refractivity (Wildman–Crippen MR) is 243 cm³/mol. The van der Waals surface area contributed by atoms with Crippen molar-refractivity contribution in [3.63, 3.8) is 0 Å². The molecule has 0 fully saturated rings. The van der Waals surface area contributed by atoms with Gasteiger partial charge < -0.3 is 69.9 Å². The first-order chi connectivity index (χ1) is 30.8. The minimum absolute atomic E-state index is 0.0394. The van der Waals surface area contributed by atoms with Gasteiger partial charge in [-0.1, -0.05) is 50.2 Å². The van der Waals surface area contributed by atoms with Crippen LogP contribution in [0.5, 0.6) is 17.2 Å². The van der Waals surface area contributed by atoms with E-state index >= 15 is 0 Å². The molecular formula is C45H64N10O10. The van der Waals surface area contributed by atoms with Gasteiger partial charge in [-0.3, -0.25) is 29.0 Å². The maximum absolute atomic E-state index is 14.4. The van der Waals surface area contributed by atoms with Crippen molar-refractivity contribution in [2.24, 2.45) is 33.8 Å². The molecule has 0 aliphatic heterocycles. The summed E-state index contributed by atoms with van der Waals surface area (Å²) in [6.07, 6.45) is 1.11. The lowest BCUT2D eigenvalue weighted by molar-refractivity contribution is -0.142. The molecule has 3 rings (SSSR count). The molecular weight excluding hydrogens is 841 g/mol. The van der Waals surface area contributed by atoms with E-state index in [1.54, 1.807) is 38.1 Å². The van der Waals surface area contributed by atoms with E-state index in [9.17, 15) is 49.2 Å². The number of nitrogens with zero attached hydrogens (tertiary/aromatic N) is 1. The fourth-order valence-electron chi connectivity index (χ4n) is 6.73.